The summed E-state index contributed by atoms with van der Waals surface area (Å²) in [6, 6.07) is 23.3. The number of rotatable bonds is 52. The van der Waals surface area contributed by atoms with Crippen molar-refractivity contribution in [2.24, 2.45) is 76.9 Å². The van der Waals surface area contributed by atoms with Crippen molar-refractivity contribution < 1.29 is 132 Å². The lowest BCUT2D eigenvalue weighted by molar-refractivity contribution is -0.154. The average molecular weight is 1860 g/mol. The molecule has 0 amide bonds. The Morgan fingerprint density at radius 1 is 0.346 bits per heavy atom. The summed E-state index contributed by atoms with van der Waals surface area (Å²) in [7, 11) is 1.58. The molecular formula is C106H156O27. The molecule has 4 saturated carbocycles. The van der Waals surface area contributed by atoms with E-state index in [0.717, 1.165) is 247 Å². The van der Waals surface area contributed by atoms with Crippen LogP contribution in [0.15, 0.2) is 72.8 Å². The first-order valence-electron chi connectivity index (χ1n) is 50.1. The zero-order chi connectivity index (χ0) is 96.0. The molecule has 0 aliphatic heterocycles. The van der Waals surface area contributed by atoms with Gasteiger partial charge in [-0.3, -0.25) is 14.4 Å². The third kappa shape index (κ3) is 33.8. The first-order chi connectivity index (χ1) is 64.0. The van der Waals surface area contributed by atoms with E-state index < -0.39 is 42.6 Å². The van der Waals surface area contributed by atoms with E-state index in [2.05, 4.69) is 52.0 Å². The lowest BCUT2D eigenvalue weighted by Crippen LogP contribution is -2.29. The Balaban J connectivity index is 0.000000199. The number of hydrogen-bond donors (Lipinski definition) is 10. The van der Waals surface area contributed by atoms with Crippen LogP contribution in [0, 0.1) is 76.9 Å². The average Bonchev–Trinajstić information content (AvgIpc) is 1.67. The number of benzene rings is 4. The van der Waals surface area contributed by atoms with Gasteiger partial charge in [0.05, 0.1) is 50.5 Å². The number of aliphatic hydroxyl groups excluding tert-OH is 6. The number of hydrogen-bond acceptors (Lipinski definition) is 23. The summed E-state index contributed by atoms with van der Waals surface area (Å²) in [5, 5.41) is 97.5. The molecule has 0 radical (unpaired) electrons. The quantitative estimate of drug-likeness (QED) is 0.0111. The number of unbranched alkanes of at least 4 members (excludes halogenated alkanes) is 8. The van der Waals surface area contributed by atoms with Gasteiger partial charge in [-0.25, -0.2) is 24.0 Å². The van der Waals surface area contributed by atoms with Crippen LogP contribution < -0.4 is 18.9 Å². The fourth-order valence-electron chi connectivity index (χ4n) is 22.9. The molecule has 742 valence electrons. The van der Waals surface area contributed by atoms with Crippen molar-refractivity contribution >= 4 is 47.8 Å². The summed E-state index contributed by atoms with van der Waals surface area (Å²) < 4.78 is 49.9. The molecule has 0 heterocycles. The van der Waals surface area contributed by atoms with E-state index in [1.807, 2.05) is 62.4 Å². The smallest absolute Gasteiger partial charge is 0.341 e. The second-order valence-corrected chi connectivity index (χ2v) is 39.2. The maximum atomic E-state index is 12.3. The van der Waals surface area contributed by atoms with E-state index >= 15 is 0 Å². The van der Waals surface area contributed by atoms with Gasteiger partial charge in [-0.05, 0) is 325 Å². The Bertz CT molecular complexity index is 4260. The van der Waals surface area contributed by atoms with Gasteiger partial charge in [-0.15, -0.1) is 0 Å². The molecule has 0 unspecified atom stereocenters. The number of carboxylic acids is 4. The molecule has 4 aromatic rings. The van der Waals surface area contributed by atoms with E-state index in [1.165, 1.54) is 22.3 Å². The molecule has 20 atom stereocenters. The van der Waals surface area contributed by atoms with E-state index in [-0.39, 0.29) is 136 Å². The van der Waals surface area contributed by atoms with Crippen LogP contribution in [0.2, 0.25) is 0 Å². The zero-order valence-electron chi connectivity index (χ0n) is 80.0. The fraction of sp³-hybridized carbons (Fsp3) is 0.698. The number of esters is 4. The number of ether oxygens (including phenoxy) is 9. The molecule has 0 saturated heterocycles. The molecule has 8 aliphatic carbocycles. The van der Waals surface area contributed by atoms with Gasteiger partial charge in [0.1, 0.15) is 54.0 Å². The predicted molar refractivity (Wildman–Crippen MR) is 500 cm³/mol. The minimum Gasteiger partial charge on any atom is -0.482 e. The Morgan fingerprint density at radius 3 is 0.850 bits per heavy atom. The number of carbonyl (C=O) groups is 8. The van der Waals surface area contributed by atoms with Gasteiger partial charge < -0.3 is 93.7 Å². The molecule has 10 N–H and O–H groups in total. The standard InChI is InChI=1S/C28H42O6.C27H40O7.C26H38O7.C25H36O7/c1-4-5-6-9-21(34-28(32)13-18(2)3)11-12-22-23-14-19-8-7-10-26(33-17-27(30)31)24(19)15-20(23)16-25(22)29;1-3-4-5-8-20(34-27(31)12-13-32-2)10-11-21-22-14-18-7-6-9-25(33-17-26(29)30)23(18)15-19(22)16-24(21)28;1-2-3-4-7-19(33-26(31)11-12-27)9-10-20-21-13-17-6-5-8-24(32-16-25(29)30)22(17)14-18(21)15-23(20)28;1-2-3-4-7-18(32-25(30)14-26)9-10-19-20-11-16-6-5-8-23(31-15-24(28)29)21(16)12-17(20)13-22(19)27/h7-8,10,18,20-23,25,29H,4-6,9,11-17H2,1-3H3,(H,30,31);6-7,9,19-22,24,28H,3-5,8,10-17H2,1-2H3,(H,29,30);5-6,8,18-21,23,27-28H,2-4,7,9-16H2,1H3,(H,29,30);5-6,8,17-20,22,26-27H,2-4,7,9-15H2,1H3,(H,28,29)/t20-,21-,22+,23-,25+;19-,20-,21+,22-,24+;18-,19-,20+,21-,23+;17-,18-,19+,20-,22+/m0000/s1. The number of aliphatic carboxylic acids is 4. The fourth-order valence-corrected chi connectivity index (χ4v) is 22.9. The maximum Gasteiger partial charge on any atom is 0.341 e. The first kappa shape index (κ1) is 108. The summed E-state index contributed by atoms with van der Waals surface area (Å²) in [6.07, 6.45) is 30.7. The molecule has 8 aliphatic rings. The topological polar surface area (TPSA) is 422 Å². The minimum atomic E-state index is -0.997. The van der Waals surface area contributed by atoms with Gasteiger partial charge in [0.15, 0.2) is 26.4 Å². The molecule has 12 rings (SSSR count). The molecular weight excluding hydrogens is 1710 g/mol. The summed E-state index contributed by atoms with van der Waals surface area (Å²) in [5.41, 5.74) is 9.05. The molecule has 4 fully saturated rings. The van der Waals surface area contributed by atoms with Crippen molar-refractivity contribution in [2.75, 3.05) is 53.4 Å². The van der Waals surface area contributed by atoms with E-state index in [9.17, 15) is 58.8 Å². The number of carboxylic acid groups (broad SMARTS) is 4. The summed E-state index contributed by atoms with van der Waals surface area (Å²) in [5.74, 6) is 1.13. The molecule has 0 aromatic heterocycles. The van der Waals surface area contributed by atoms with Gasteiger partial charge in [-0.1, -0.05) is 141 Å². The highest BCUT2D eigenvalue weighted by Crippen LogP contribution is 2.54. The van der Waals surface area contributed by atoms with Crippen molar-refractivity contribution in [1.29, 1.82) is 0 Å². The van der Waals surface area contributed by atoms with Crippen molar-refractivity contribution in [3.63, 3.8) is 0 Å². The van der Waals surface area contributed by atoms with Gasteiger partial charge in [0.2, 0.25) is 0 Å². The second-order valence-electron chi connectivity index (χ2n) is 39.2. The van der Waals surface area contributed by atoms with Crippen LogP contribution in [0.1, 0.15) is 285 Å². The van der Waals surface area contributed by atoms with Gasteiger partial charge in [0.25, 0.3) is 0 Å². The second kappa shape index (κ2) is 56.3. The number of carbonyl (C=O) groups excluding carboxylic acids is 4. The number of fused-ring (bicyclic) bond motifs is 8. The van der Waals surface area contributed by atoms with Crippen molar-refractivity contribution in [1.82, 2.24) is 0 Å². The van der Waals surface area contributed by atoms with Crippen LogP contribution >= 0.6 is 0 Å². The minimum absolute atomic E-state index is 0.0180. The van der Waals surface area contributed by atoms with Gasteiger partial charge in [-0.2, -0.15) is 0 Å². The third-order valence-electron chi connectivity index (χ3n) is 29.3. The van der Waals surface area contributed by atoms with Crippen LogP contribution in [-0.2, 0) is 113 Å². The summed E-state index contributed by atoms with van der Waals surface area (Å²) >= 11 is 0. The lowest BCUT2D eigenvalue weighted by Gasteiger charge is -2.32. The first-order valence-corrected chi connectivity index (χ1v) is 50.1. The molecule has 0 bridgehead atoms. The van der Waals surface area contributed by atoms with Crippen LogP contribution in [0.5, 0.6) is 23.0 Å². The predicted octanol–water partition coefficient (Wildman–Crippen LogP) is 16.0. The van der Waals surface area contributed by atoms with Gasteiger partial charge in [0, 0.05) is 13.5 Å². The zero-order valence-corrected chi connectivity index (χ0v) is 80.0. The Labute approximate surface area is 787 Å². The van der Waals surface area contributed by atoms with Gasteiger partial charge >= 0.3 is 47.8 Å². The highest BCUT2D eigenvalue weighted by molar-refractivity contribution is 5.72. The molecule has 4 aromatic carbocycles. The Kier molecular flexibility index (Phi) is 45.8. The molecule has 27 heteroatoms. The normalized spacial score (nSPS) is 24.5. The number of methoxy groups -OCH3 is 1. The SMILES string of the molecule is CCCCC[C@@H](CC[C@@H]1[C@H]2Cc3cccc(OCC(=O)O)c3C[C@H]2C[C@H]1O)OC(=O)CC(C)C.CCCCC[C@@H](CC[C@@H]1[C@H]2Cc3cccc(OCC(=O)O)c3C[C@H]2C[C@H]1O)OC(=O)CCO.CCCCC[C@@H](CC[C@@H]1[C@H]2Cc3cccc(OCC(=O)O)c3C[C@H]2C[C@H]1O)OC(=O)CCOC.CCCCC[C@@H](CC[C@@H]1[C@H]2Cc3cccc(OCC(=O)O)c3C[C@H]2C[C@H]1O)OC(=O)CO. The largest absolute Gasteiger partial charge is 0.482 e. The van der Waals surface area contributed by atoms with E-state index in [1.54, 1.807) is 7.11 Å². The van der Waals surface area contributed by atoms with E-state index in [4.69, 9.17) is 73.3 Å². The third-order valence-corrected chi connectivity index (χ3v) is 29.3. The van der Waals surface area contributed by atoms with Crippen LogP contribution in [0.25, 0.3) is 0 Å². The highest BCUT2D eigenvalue weighted by atomic mass is 16.6. The van der Waals surface area contributed by atoms with Crippen molar-refractivity contribution in [3.8, 4) is 23.0 Å². The number of aliphatic hydroxyl groups is 6. The molecule has 0 spiro atoms. The Hall–Kier alpha value is -8.44. The van der Waals surface area contributed by atoms with Crippen LogP contribution in [0.3, 0.4) is 0 Å². The van der Waals surface area contributed by atoms with E-state index in [0.29, 0.717) is 89.8 Å². The van der Waals surface area contributed by atoms with Crippen LogP contribution in [-0.4, -0.2) is 201 Å². The summed E-state index contributed by atoms with van der Waals surface area (Å²) in [4.78, 5) is 91.8. The summed E-state index contributed by atoms with van der Waals surface area (Å²) in [6.45, 7) is 10.8. The lowest BCUT2D eigenvalue weighted by atomic mass is 9.73. The highest BCUT2D eigenvalue weighted by Gasteiger charge is 2.50. The van der Waals surface area contributed by atoms with Crippen LogP contribution in [0.4, 0.5) is 0 Å². The van der Waals surface area contributed by atoms with Crippen molar-refractivity contribution in [2.45, 2.75) is 341 Å². The Morgan fingerprint density at radius 2 is 0.609 bits per heavy atom. The monoisotopic (exact) mass is 1860 g/mol. The maximum absolute atomic E-state index is 12.3. The molecule has 133 heavy (non-hydrogen) atoms. The van der Waals surface area contributed by atoms with Crippen molar-refractivity contribution in [3.05, 3.63) is 117 Å². The molecule has 27 nitrogen and oxygen atoms in total.